The van der Waals surface area contributed by atoms with Gasteiger partial charge in [-0.25, -0.2) is 8.42 Å². The third kappa shape index (κ3) is 8.80. The zero-order chi connectivity index (χ0) is 26.2. The van der Waals surface area contributed by atoms with Crippen molar-refractivity contribution in [1.82, 2.24) is 0 Å². The maximum atomic E-state index is 13.0. The summed E-state index contributed by atoms with van der Waals surface area (Å²) in [5, 5.41) is 11.9. The SMILES string of the molecule is C=C(C)CC(CCO)C(=O)Nc1ccc(S(=O)(=O)Nc2cccc(OC(F)(F)F)c2)c(OCC)c1. The van der Waals surface area contributed by atoms with E-state index in [-0.39, 0.29) is 47.6 Å². The molecule has 1 amide bonds. The predicted octanol–water partition coefficient (Wildman–Crippen LogP) is 4.69. The Labute approximate surface area is 201 Å². The van der Waals surface area contributed by atoms with Gasteiger partial charge in [0.1, 0.15) is 16.4 Å². The zero-order valence-electron chi connectivity index (χ0n) is 19.2. The molecule has 0 aromatic heterocycles. The summed E-state index contributed by atoms with van der Waals surface area (Å²) in [6, 6.07) is 8.28. The van der Waals surface area contributed by atoms with E-state index in [9.17, 15) is 31.5 Å². The Morgan fingerprint density at radius 1 is 1.17 bits per heavy atom. The normalized spacial score (nSPS) is 12.5. The third-order valence-electron chi connectivity index (χ3n) is 4.56. The Bertz CT molecular complexity index is 1150. The lowest BCUT2D eigenvalue weighted by atomic mass is 9.97. The maximum absolute atomic E-state index is 13.0. The number of halogens is 3. The van der Waals surface area contributed by atoms with Gasteiger partial charge in [-0.15, -0.1) is 19.8 Å². The first-order chi connectivity index (χ1) is 16.3. The maximum Gasteiger partial charge on any atom is 0.573 e. The average Bonchev–Trinajstić information content (AvgIpc) is 2.72. The molecule has 0 saturated carbocycles. The quantitative estimate of drug-likeness (QED) is 0.353. The van der Waals surface area contributed by atoms with Gasteiger partial charge in [0.25, 0.3) is 10.0 Å². The molecule has 12 heteroatoms. The Kier molecular flexibility index (Phi) is 9.55. The van der Waals surface area contributed by atoms with Crippen molar-refractivity contribution in [2.24, 2.45) is 5.92 Å². The van der Waals surface area contributed by atoms with Gasteiger partial charge in [0.2, 0.25) is 5.91 Å². The van der Waals surface area contributed by atoms with Crippen molar-refractivity contribution >= 4 is 27.3 Å². The molecule has 1 unspecified atom stereocenters. The van der Waals surface area contributed by atoms with Crippen LogP contribution in [0, 0.1) is 5.92 Å². The van der Waals surface area contributed by atoms with Crippen LogP contribution in [0.2, 0.25) is 0 Å². The van der Waals surface area contributed by atoms with Gasteiger partial charge in [0, 0.05) is 30.3 Å². The average molecular weight is 517 g/mol. The molecular formula is C23H27F3N2O6S. The molecule has 8 nitrogen and oxygen atoms in total. The van der Waals surface area contributed by atoms with Crippen molar-refractivity contribution < 1.29 is 41.0 Å². The number of benzene rings is 2. The summed E-state index contributed by atoms with van der Waals surface area (Å²) in [5.74, 6) is -1.56. The highest BCUT2D eigenvalue weighted by Gasteiger charge is 2.31. The molecule has 0 bridgehead atoms. The van der Waals surface area contributed by atoms with Crippen molar-refractivity contribution in [2.75, 3.05) is 23.3 Å². The monoisotopic (exact) mass is 516 g/mol. The highest BCUT2D eigenvalue weighted by atomic mass is 32.2. The van der Waals surface area contributed by atoms with Crippen LogP contribution in [-0.2, 0) is 14.8 Å². The Hall–Kier alpha value is -3.25. The molecule has 2 aromatic carbocycles. The van der Waals surface area contributed by atoms with Crippen LogP contribution >= 0.6 is 0 Å². The number of allylic oxidation sites excluding steroid dienone is 1. The van der Waals surface area contributed by atoms with E-state index in [2.05, 4.69) is 21.4 Å². The van der Waals surface area contributed by atoms with E-state index in [1.165, 1.54) is 30.3 Å². The molecule has 0 aliphatic carbocycles. The van der Waals surface area contributed by atoms with E-state index >= 15 is 0 Å². The number of anilines is 2. The molecule has 35 heavy (non-hydrogen) atoms. The second kappa shape index (κ2) is 11.9. The lowest BCUT2D eigenvalue weighted by Crippen LogP contribution is -2.24. The minimum Gasteiger partial charge on any atom is -0.492 e. The van der Waals surface area contributed by atoms with Crippen molar-refractivity contribution in [1.29, 1.82) is 0 Å². The van der Waals surface area contributed by atoms with Gasteiger partial charge in [0.15, 0.2) is 0 Å². The number of nitrogens with one attached hydrogen (secondary N) is 2. The summed E-state index contributed by atoms with van der Waals surface area (Å²) in [4.78, 5) is 12.4. The fraction of sp³-hybridized carbons (Fsp3) is 0.348. The largest absolute Gasteiger partial charge is 0.573 e. The van der Waals surface area contributed by atoms with Crippen LogP contribution in [-0.4, -0.2) is 39.0 Å². The van der Waals surface area contributed by atoms with Crippen LogP contribution in [0.1, 0.15) is 26.7 Å². The fourth-order valence-corrected chi connectivity index (χ4v) is 4.37. The molecule has 2 rings (SSSR count). The number of rotatable bonds is 12. The number of carbonyl (C=O) groups excluding carboxylic acids is 1. The standard InChI is InChI=1S/C23H27F3N2O6S/c1-4-33-20-14-17(27-22(30)16(10-11-29)12-15(2)3)8-9-21(20)35(31,32)28-18-6-5-7-19(13-18)34-23(24,25)26/h5-9,13-14,16,28-29H,2,4,10-12H2,1,3H3,(H,27,30). The van der Waals surface area contributed by atoms with E-state index < -0.39 is 28.1 Å². The van der Waals surface area contributed by atoms with Crippen molar-refractivity contribution in [2.45, 2.75) is 37.9 Å². The number of hydrogen-bond acceptors (Lipinski definition) is 6. The summed E-state index contributed by atoms with van der Waals surface area (Å²) in [7, 11) is -4.28. The molecule has 0 heterocycles. The summed E-state index contributed by atoms with van der Waals surface area (Å²) in [6.45, 7) is 7.11. The van der Waals surface area contributed by atoms with Gasteiger partial charge in [-0.3, -0.25) is 9.52 Å². The predicted molar refractivity (Wildman–Crippen MR) is 125 cm³/mol. The van der Waals surface area contributed by atoms with Crippen molar-refractivity contribution in [3.8, 4) is 11.5 Å². The molecule has 3 N–H and O–H groups in total. The number of hydrogen-bond donors (Lipinski definition) is 3. The Balaban J connectivity index is 2.29. The Morgan fingerprint density at radius 2 is 1.89 bits per heavy atom. The van der Waals surface area contributed by atoms with E-state index in [1.807, 2.05) is 0 Å². The third-order valence-corrected chi connectivity index (χ3v) is 5.98. The Morgan fingerprint density at radius 3 is 2.49 bits per heavy atom. The molecule has 0 aliphatic rings. The first-order valence-corrected chi connectivity index (χ1v) is 12.0. The fourth-order valence-electron chi connectivity index (χ4n) is 3.19. The van der Waals surface area contributed by atoms with Crippen LogP contribution < -0.4 is 19.5 Å². The molecule has 0 aliphatic heterocycles. The van der Waals surface area contributed by atoms with Crippen molar-refractivity contribution in [3.05, 3.63) is 54.6 Å². The number of carbonyl (C=O) groups is 1. The molecule has 0 radical (unpaired) electrons. The molecule has 0 spiro atoms. The molecular weight excluding hydrogens is 489 g/mol. The summed E-state index contributed by atoms with van der Waals surface area (Å²) < 4.78 is 74.8. The highest BCUT2D eigenvalue weighted by Crippen LogP contribution is 2.31. The number of amides is 1. The van der Waals surface area contributed by atoms with Crippen LogP contribution in [0.15, 0.2) is 59.5 Å². The number of sulfonamides is 1. The van der Waals surface area contributed by atoms with Crippen LogP contribution in [0.5, 0.6) is 11.5 Å². The molecule has 0 saturated heterocycles. The number of ether oxygens (including phenoxy) is 2. The van der Waals surface area contributed by atoms with E-state index in [1.54, 1.807) is 13.8 Å². The number of alkyl halides is 3. The lowest BCUT2D eigenvalue weighted by Gasteiger charge is -2.18. The van der Waals surface area contributed by atoms with E-state index in [0.717, 1.165) is 17.7 Å². The molecule has 0 fully saturated rings. The summed E-state index contributed by atoms with van der Waals surface area (Å²) >= 11 is 0. The minimum atomic E-state index is -4.93. The van der Waals surface area contributed by atoms with Crippen LogP contribution in [0.25, 0.3) is 0 Å². The summed E-state index contributed by atoms with van der Waals surface area (Å²) in [5.41, 5.74) is 0.881. The van der Waals surface area contributed by atoms with Crippen molar-refractivity contribution in [3.63, 3.8) is 0 Å². The summed E-state index contributed by atoms with van der Waals surface area (Å²) in [6.07, 6.45) is -4.33. The van der Waals surface area contributed by atoms with Gasteiger partial charge < -0.3 is 19.9 Å². The number of aliphatic hydroxyl groups excluding tert-OH is 1. The first-order valence-electron chi connectivity index (χ1n) is 10.6. The lowest BCUT2D eigenvalue weighted by molar-refractivity contribution is -0.274. The first kappa shape index (κ1) is 28.0. The van der Waals surface area contributed by atoms with E-state index in [4.69, 9.17) is 4.74 Å². The smallest absolute Gasteiger partial charge is 0.492 e. The zero-order valence-corrected chi connectivity index (χ0v) is 20.0. The number of aliphatic hydroxyl groups is 1. The molecule has 2 aromatic rings. The van der Waals surface area contributed by atoms with Crippen LogP contribution in [0.4, 0.5) is 24.5 Å². The van der Waals surface area contributed by atoms with Gasteiger partial charge in [0.05, 0.1) is 12.3 Å². The topological polar surface area (TPSA) is 114 Å². The highest BCUT2D eigenvalue weighted by molar-refractivity contribution is 7.92. The van der Waals surface area contributed by atoms with Gasteiger partial charge in [-0.1, -0.05) is 11.6 Å². The molecule has 1 atom stereocenters. The second-order valence-corrected chi connectivity index (χ2v) is 9.29. The molecule has 192 valence electrons. The second-order valence-electron chi connectivity index (χ2n) is 7.64. The van der Waals surface area contributed by atoms with Gasteiger partial charge in [-0.2, -0.15) is 0 Å². The van der Waals surface area contributed by atoms with E-state index in [0.29, 0.717) is 6.42 Å². The minimum absolute atomic E-state index is 0.0703. The van der Waals surface area contributed by atoms with Gasteiger partial charge >= 0.3 is 6.36 Å². The van der Waals surface area contributed by atoms with Gasteiger partial charge in [-0.05, 0) is 51.0 Å². The van der Waals surface area contributed by atoms with Crippen LogP contribution in [0.3, 0.4) is 0 Å².